The number of nitrogens with zero attached hydrogens (tertiary/aromatic N) is 1. The molecule has 0 heterocycles. The quantitative estimate of drug-likeness (QED) is 0.471. The molecule has 0 saturated carbocycles. The molecule has 29 heavy (non-hydrogen) atoms. The summed E-state index contributed by atoms with van der Waals surface area (Å²) in [5, 5.41) is 9.11. The van der Waals surface area contributed by atoms with E-state index in [0.717, 1.165) is 10.5 Å². The monoisotopic (exact) mass is 419 g/mol. The topological polar surface area (TPSA) is 116 Å². The van der Waals surface area contributed by atoms with Crippen LogP contribution in [0.2, 0.25) is 0 Å². The molecular formula is C20H25N3O5S. The molecular weight excluding hydrogens is 394 g/mol. The predicted molar refractivity (Wildman–Crippen MR) is 107 cm³/mol. The Morgan fingerprint density at radius 1 is 1.03 bits per heavy atom. The number of hydroxylamine groups is 1. The number of urea groups is 1. The largest absolute Gasteiger partial charge is 0.332 e. The molecule has 156 valence electrons. The molecule has 2 aromatic rings. The zero-order valence-electron chi connectivity index (χ0n) is 16.5. The van der Waals surface area contributed by atoms with Gasteiger partial charge in [0.2, 0.25) is 0 Å². The van der Waals surface area contributed by atoms with Gasteiger partial charge in [0.25, 0.3) is 15.9 Å². The first-order valence-electron chi connectivity index (χ1n) is 9.03. The number of rotatable bonds is 7. The Kier molecular flexibility index (Phi) is 7.35. The first-order chi connectivity index (χ1) is 13.7. The van der Waals surface area contributed by atoms with Gasteiger partial charge >= 0.3 is 6.03 Å². The van der Waals surface area contributed by atoms with Crippen molar-refractivity contribution in [3.8, 4) is 0 Å². The Balaban J connectivity index is 2.37. The molecule has 0 aliphatic heterocycles. The third-order valence-electron chi connectivity index (χ3n) is 4.36. The Morgan fingerprint density at radius 2 is 1.62 bits per heavy atom. The summed E-state index contributed by atoms with van der Waals surface area (Å²) >= 11 is 0. The van der Waals surface area contributed by atoms with Gasteiger partial charge in [0.05, 0.1) is 4.90 Å². The van der Waals surface area contributed by atoms with E-state index in [1.807, 2.05) is 11.6 Å². The molecule has 0 unspecified atom stereocenters. The molecule has 2 aromatic carbocycles. The summed E-state index contributed by atoms with van der Waals surface area (Å²) in [4.78, 5) is 26.2. The summed E-state index contributed by atoms with van der Waals surface area (Å²) in [6.45, 7) is 5.18. The van der Waals surface area contributed by atoms with E-state index in [9.17, 15) is 18.0 Å². The van der Waals surface area contributed by atoms with Gasteiger partial charge in [-0.3, -0.25) is 10.0 Å². The van der Waals surface area contributed by atoms with E-state index in [1.54, 1.807) is 61.8 Å². The maximum Gasteiger partial charge on any atom is 0.332 e. The Labute approximate surface area is 170 Å². The lowest BCUT2D eigenvalue weighted by molar-refractivity contribution is -0.135. The van der Waals surface area contributed by atoms with Crippen LogP contribution in [0.5, 0.6) is 0 Å². The van der Waals surface area contributed by atoms with Crippen LogP contribution in [0.4, 0.5) is 4.79 Å². The summed E-state index contributed by atoms with van der Waals surface area (Å²) < 4.78 is 27.3. The summed E-state index contributed by atoms with van der Waals surface area (Å²) in [7, 11) is -4.14. The molecule has 0 saturated heterocycles. The minimum Gasteiger partial charge on any atom is -0.307 e. The summed E-state index contributed by atoms with van der Waals surface area (Å²) in [5.41, 5.74) is 3.13. The van der Waals surface area contributed by atoms with Gasteiger partial charge < -0.3 is 4.90 Å². The highest BCUT2D eigenvalue weighted by atomic mass is 32.2. The van der Waals surface area contributed by atoms with Crippen LogP contribution in [-0.2, 0) is 21.4 Å². The molecule has 0 aliphatic carbocycles. The Hall–Kier alpha value is -2.91. The van der Waals surface area contributed by atoms with Crippen molar-refractivity contribution in [2.24, 2.45) is 5.92 Å². The SMILES string of the molecule is Cc1ccc(S(=O)(=O)NC(=O)N(Cc2ccccc2)[C@H](C(=O)NO)C(C)C)cc1. The molecule has 0 spiro atoms. The van der Waals surface area contributed by atoms with Gasteiger partial charge in [-0.15, -0.1) is 0 Å². The van der Waals surface area contributed by atoms with Gasteiger partial charge in [-0.25, -0.2) is 23.4 Å². The van der Waals surface area contributed by atoms with Gasteiger partial charge in [0, 0.05) is 6.54 Å². The number of hydrogen-bond acceptors (Lipinski definition) is 5. The number of hydrogen-bond donors (Lipinski definition) is 3. The molecule has 9 heteroatoms. The molecule has 3 N–H and O–H groups in total. The van der Waals surface area contributed by atoms with E-state index < -0.39 is 33.9 Å². The fraction of sp³-hybridized carbons (Fsp3) is 0.300. The van der Waals surface area contributed by atoms with Crippen molar-refractivity contribution >= 4 is 22.0 Å². The van der Waals surface area contributed by atoms with Crippen molar-refractivity contribution in [3.63, 3.8) is 0 Å². The second-order valence-electron chi connectivity index (χ2n) is 7.00. The number of amides is 3. The van der Waals surface area contributed by atoms with Crippen molar-refractivity contribution in [2.45, 2.75) is 38.3 Å². The minimum atomic E-state index is -4.14. The van der Waals surface area contributed by atoms with Gasteiger partial charge in [-0.05, 0) is 30.5 Å². The van der Waals surface area contributed by atoms with Crippen LogP contribution in [-0.4, -0.2) is 36.5 Å². The molecule has 0 radical (unpaired) electrons. The lowest BCUT2D eigenvalue weighted by atomic mass is 10.0. The van der Waals surface area contributed by atoms with Crippen LogP contribution in [0.1, 0.15) is 25.0 Å². The third kappa shape index (κ3) is 5.78. The molecule has 0 aromatic heterocycles. The van der Waals surface area contributed by atoms with Crippen LogP contribution in [0.25, 0.3) is 0 Å². The molecule has 2 rings (SSSR count). The lowest BCUT2D eigenvalue weighted by Gasteiger charge is -2.32. The summed E-state index contributed by atoms with van der Waals surface area (Å²) in [5.74, 6) is -1.20. The highest BCUT2D eigenvalue weighted by molar-refractivity contribution is 7.90. The maximum atomic E-state index is 12.9. The van der Waals surface area contributed by atoms with Gasteiger partial charge in [-0.2, -0.15) is 0 Å². The first kappa shape index (κ1) is 22.4. The zero-order valence-corrected chi connectivity index (χ0v) is 17.3. The average Bonchev–Trinajstić information content (AvgIpc) is 2.67. The molecule has 0 fully saturated rings. The molecule has 8 nitrogen and oxygen atoms in total. The second-order valence-corrected chi connectivity index (χ2v) is 8.68. The van der Waals surface area contributed by atoms with Crippen LogP contribution < -0.4 is 10.2 Å². The van der Waals surface area contributed by atoms with E-state index in [0.29, 0.717) is 5.56 Å². The molecule has 1 atom stereocenters. The zero-order chi connectivity index (χ0) is 21.6. The molecule has 3 amide bonds. The first-order valence-corrected chi connectivity index (χ1v) is 10.5. The Bertz CT molecular complexity index is 944. The number of benzene rings is 2. The fourth-order valence-electron chi connectivity index (χ4n) is 2.90. The fourth-order valence-corrected chi connectivity index (χ4v) is 3.86. The van der Waals surface area contributed by atoms with E-state index in [2.05, 4.69) is 0 Å². The highest BCUT2D eigenvalue weighted by Crippen LogP contribution is 2.17. The van der Waals surface area contributed by atoms with Gasteiger partial charge in [-0.1, -0.05) is 61.9 Å². The highest BCUT2D eigenvalue weighted by Gasteiger charge is 2.34. The van der Waals surface area contributed by atoms with Crippen molar-refractivity contribution in [2.75, 3.05) is 0 Å². The van der Waals surface area contributed by atoms with E-state index in [4.69, 9.17) is 5.21 Å². The van der Waals surface area contributed by atoms with Crippen molar-refractivity contribution in [1.82, 2.24) is 15.1 Å². The van der Waals surface area contributed by atoms with Crippen LogP contribution >= 0.6 is 0 Å². The standard InChI is InChI=1S/C20H25N3O5S/c1-14(2)18(19(24)21-26)23(13-16-7-5-4-6-8-16)20(25)22-29(27,28)17-11-9-15(3)10-12-17/h4-12,14,18,26H,13H2,1-3H3,(H,21,24)(H,22,25)/t18-/m0/s1. The van der Waals surface area contributed by atoms with Crippen molar-refractivity contribution < 1.29 is 23.2 Å². The lowest BCUT2D eigenvalue weighted by Crippen LogP contribution is -2.55. The van der Waals surface area contributed by atoms with E-state index >= 15 is 0 Å². The number of aryl methyl sites for hydroxylation is 1. The van der Waals surface area contributed by atoms with Crippen molar-refractivity contribution in [3.05, 3.63) is 65.7 Å². The third-order valence-corrected chi connectivity index (χ3v) is 5.69. The molecule has 0 bridgehead atoms. The van der Waals surface area contributed by atoms with Gasteiger partial charge in [0.15, 0.2) is 0 Å². The van der Waals surface area contributed by atoms with Crippen LogP contribution in [0.15, 0.2) is 59.5 Å². The molecule has 0 aliphatic rings. The normalized spacial score (nSPS) is 12.3. The average molecular weight is 420 g/mol. The summed E-state index contributed by atoms with van der Waals surface area (Å²) in [6.07, 6.45) is 0. The van der Waals surface area contributed by atoms with Crippen LogP contribution in [0.3, 0.4) is 0 Å². The Morgan fingerprint density at radius 3 is 2.14 bits per heavy atom. The van der Waals surface area contributed by atoms with E-state index in [1.165, 1.54) is 12.1 Å². The predicted octanol–water partition coefficient (Wildman–Crippen LogP) is 2.43. The second kappa shape index (κ2) is 9.53. The number of nitrogens with one attached hydrogen (secondary N) is 2. The van der Waals surface area contributed by atoms with E-state index in [-0.39, 0.29) is 11.4 Å². The number of sulfonamides is 1. The number of carbonyl (C=O) groups is 2. The maximum absolute atomic E-state index is 12.9. The van der Waals surface area contributed by atoms with Crippen molar-refractivity contribution in [1.29, 1.82) is 0 Å². The van der Waals surface area contributed by atoms with Crippen LogP contribution in [0, 0.1) is 12.8 Å². The summed E-state index contributed by atoms with van der Waals surface area (Å²) in [6, 6.07) is 12.8. The smallest absolute Gasteiger partial charge is 0.307 e. The van der Waals surface area contributed by atoms with Gasteiger partial charge in [0.1, 0.15) is 6.04 Å². The number of carbonyl (C=O) groups excluding carboxylic acids is 2. The minimum absolute atomic E-state index is 0.0215.